The molecule has 2 aromatic rings. The van der Waals surface area contributed by atoms with Gasteiger partial charge in [0.05, 0.1) is 0 Å². The van der Waals surface area contributed by atoms with Crippen molar-refractivity contribution in [1.82, 2.24) is 0 Å². The van der Waals surface area contributed by atoms with Crippen molar-refractivity contribution in [2.75, 3.05) is 0 Å². The van der Waals surface area contributed by atoms with Crippen LogP contribution in [0.3, 0.4) is 0 Å². The van der Waals surface area contributed by atoms with Crippen LogP contribution in [0, 0.1) is 0 Å². The van der Waals surface area contributed by atoms with Gasteiger partial charge in [0.2, 0.25) is 0 Å². The molecule has 3 nitrogen and oxygen atoms in total. The third-order valence-corrected chi connectivity index (χ3v) is 2.49. The Kier molecular flexibility index (Phi) is 2.97. The van der Waals surface area contributed by atoms with Crippen LogP contribution in [0.1, 0.15) is 12.7 Å². The molecule has 0 saturated heterocycles. The van der Waals surface area contributed by atoms with E-state index in [1.54, 1.807) is 25.1 Å². The fraction of sp³-hybridized carbons (Fsp3) is 0.0833. The van der Waals surface area contributed by atoms with Crippen LogP contribution in [0.4, 0.5) is 0 Å². The van der Waals surface area contributed by atoms with Crippen molar-refractivity contribution in [3.63, 3.8) is 0 Å². The third kappa shape index (κ3) is 2.09. The minimum atomic E-state index is 0.445. The number of benzene rings is 1. The summed E-state index contributed by atoms with van der Waals surface area (Å²) in [5.74, 6) is 1.27. The summed E-state index contributed by atoms with van der Waals surface area (Å²) in [5, 5.41) is 12.4. The van der Waals surface area contributed by atoms with Gasteiger partial charge in [-0.05, 0) is 43.3 Å². The summed E-state index contributed by atoms with van der Waals surface area (Å²) in [6, 6.07) is 10.9. The van der Waals surface area contributed by atoms with E-state index >= 15 is 0 Å². The topological polar surface area (TPSA) is 45.7 Å². The van der Waals surface area contributed by atoms with Crippen molar-refractivity contribution in [2.24, 2.45) is 5.16 Å². The predicted octanol–water partition coefficient (Wildman–Crippen LogP) is 3.80. The maximum Gasteiger partial charge on any atom is 0.152 e. The molecule has 0 amide bonds. The molecule has 4 heteroatoms. The molecule has 82 valence electrons. The molecule has 0 radical (unpaired) electrons. The lowest BCUT2D eigenvalue weighted by Crippen LogP contribution is -1.89. The first-order chi connectivity index (χ1) is 7.70. The first-order valence-electron chi connectivity index (χ1n) is 4.75. The number of nitrogens with zero attached hydrogens (tertiary/aromatic N) is 1. The molecule has 0 aliphatic rings. The van der Waals surface area contributed by atoms with Gasteiger partial charge in [-0.15, -0.1) is 0 Å². The molecule has 0 fully saturated rings. The highest BCUT2D eigenvalue weighted by molar-refractivity contribution is 6.30. The maximum atomic E-state index is 8.61. The van der Waals surface area contributed by atoms with Gasteiger partial charge < -0.3 is 9.62 Å². The van der Waals surface area contributed by atoms with Crippen LogP contribution in [0.15, 0.2) is 46.0 Å². The average molecular weight is 236 g/mol. The molecule has 0 aliphatic carbocycles. The van der Waals surface area contributed by atoms with Crippen molar-refractivity contribution in [1.29, 1.82) is 0 Å². The Hall–Kier alpha value is -1.74. The fourth-order valence-electron chi connectivity index (χ4n) is 1.35. The number of hydrogen-bond acceptors (Lipinski definition) is 3. The van der Waals surface area contributed by atoms with E-state index in [2.05, 4.69) is 5.16 Å². The van der Waals surface area contributed by atoms with Crippen LogP contribution in [0.5, 0.6) is 0 Å². The van der Waals surface area contributed by atoms with Crippen molar-refractivity contribution in [3.8, 4) is 11.3 Å². The molecule has 0 spiro atoms. The van der Waals surface area contributed by atoms with Gasteiger partial charge in [-0.3, -0.25) is 0 Å². The zero-order valence-electron chi connectivity index (χ0n) is 8.64. The van der Waals surface area contributed by atoms with Crippen LogP contribution >= 0.6 is 11.6 Å². The first kappa shape index (κ1) is 10.8. The zero-order chi connectivity index (χ0) is 11.5. The molecule has 0 aliphatic heterocycles. The predicted molar refractivity (Wildman–Crippen MR) is 63.2 cm³/mol. The molecule has 1 heterocycles. The molecular formula is C12H10ClNO2. The lowest BCUT2D eigenvalue weighted by molar-refractivity contribution is 0.317. The van der Waals surface area contributed by atoms with Crippen LogP contribution in [0.25, 0.3) is 11.3 Å². The smallest absolute Gasteiger partial charge is 0.152 e. The summed E-state index contributed by atoms with van der Waals surface area (Å²) in [5.41, 5.74) is 1.38. The normalized spacial score (nSPS) is 11.8. The summed E-state index contributed by atoms with van der Waals surface area (Å²) >= 11 is 5.79. The van der Waals surface area contributed by atoms with Crippen molar-refractivity contribution >= 4 is 17.3 Å². The number of halogens is 1. The Bertz CT molecular complexity index is 514. The van der Waals surface area contributed by atoms with Crippen LogP contribution in [-0.4, -0.2) is 10.9 Å². The zero-order valence-corrected chi connectivity index (χ0v) is 9.40. The molecule has 0 unspecified atom stereocenters. The lowest BCUT2D eigenvalue weighted by atomic mass is 10.2. The summed E-state index contributed by atoms with van der Waals surface area (Å²) in [4.78, 5) is 0. The van der Waals surface area contributed by atoms with E-state index in [9.17, 15) is 0 Å². The van der Waals surface area contributed by atoms with Crippen molar-refractivity contribution in [2.45, 2.75) is 6.92 Å². The SMILES string of the molecule is C/C(=N\O)c1ccc(-c2ccc(Cl)cc2)o1. The minimum Gasteiger partial charge on any atom is -0.455 e. The molecule has 0 atom stereocenters. The van der Waals surface area contributed by atoms with E-state index in [1.165, 1.54) is 0 Å². The largest absolute Gasteiger partial charge is 0.455 e. The van der Waals surface area contributed by atoms with Crippen LogP contribution in [0.2, 0.25) is 5.02 Å². The summed E-state index contributed by atoms with van der Waals surface area (Å²) in [7, 11) is 0. The summed E-state index contributed by atoms with van der Waals surface area (Å²) < 4.78 is 5.53. The molecule has 2 rings (SSSR count). The number of furan rings is 1. The monoisotopic (exact) mass is 235 g/mol. The van der Waals surface area contributed by atoms with E-state index < -0.39 is 0 Å². The first-order valence-corrected chi connectivity index (χ1v) is 5.13. The Morgan fingerprint density at radius 2 is 1.88 bits per heavy atom. The maximum absolute atomic E-state index is 8.61. The van der Waals surface area contributed by atoms with Crippen molar-refractivity contribution in [3.05, 3.63) is 47.2 Å². The molecule has 16 heavy (non-hydrogen) atoms. The molecule has 0 bridgehead atoms. The lowest BCUT2D eigenvalue weighted by Gasteiger charge is -1.97. The second kappa shape index (κ2) is 4.41. The average Bonchev–Trinajstić information content (AvgIpc) is 2.78. The summed E-state index contributed by atoms with van der Waals surface area (Å²) in [6.45, 7) is 1.67. The molecular weight excluding hydrogens is 226 g/mol. The minimum absolute atomic E-state index is 0.445. The molecule has 1 N–H and O–H groups in total. The van der Waals surface area contributed by atoms with E-state index in [0.29, 0.717) is 16.5 Å². The van der Waals surface area contributed by atoms with E-state index in [4.69, 9.17) is 21.2 Å². The molecule has 0 saturated carbocycles. The third-order valence-electron chi connectivity index (χ3n) is 2.24. The number of rotatable bonds is 2. The molecule has 1 aromatic carbocycles. The Morgan fingerprint density at radius 1 is 1.19 bits per heavy atom. The Labute approximate surface area is 98.0 Å². The van der Waals surface area contributed by atoms with Gasteiger partial charge >= 0.3 is 0 Å². The van der Waals surface area contributed by atoms with Gasteiger partial charge in [0.25, 0.3) is 0 Å². The second-order valence-corrected chi connectivity index (χ2v) is 3.79. The van der Waals surface area contributed by atoms with Gasteiger partial charge in [0, 0.05) is 10.6 Å². The number of hydrogen-bond donors (Lipinski definition) is 1. The Balaban J connectivity index is 2.35. The van der Waals surface area contributed by atoms with Crippen LogP contribution < -0.4 is 0 Å². The van der Waals surface area contributed by atoms with Gasteiger partial charge in [-0.1, -0.05) is 16.8 Å². The quantitative estimate of drug-likeness (QED) is 0.489. The number of oxime groups is 1. The van der Waals surface area contributed by atoms with Gasteiger partial charge in [-0.2, -0.15) is 0 Å². The fourth-order valence-corrected chi connectivity index (χ4v) is 1.48. The highest BCUT2D eigenvalue weighted by Gasteiger charge is 2.07. The Morgan fingerprint density at radius 3 is 2.50 bits per heavy atom. The molecule has 1 aromatic heterocycles. The van der Waals surface area contributed by atoms with Crippen molar-refractivity contribution < 1.29 is 9.62 Å². The van der Waals surface area contributed by atoms with Gasteiger partial charge in [0.1, 0.15) is 11.5 Å². The second-order valence-electron chi connectivity index (χ2n) is 3.36. The highest BCUT2D eigenvalue weighted by atomic mass is 35.5. The van der Waals surface area contributed by atoms with Crippen LogP contribution in [-0.2, 0) is 0 Å². The van der Waals surface area contributed by atoms with Gasteiger partial charge in [0.15, 0.2) is 5.76 Å². The van der Waals surface area contributed by atoms with E-state index in [-0.39, 0.29) is 0 Å². The van der Waals surface area contributed by atoms with E-state index in [0.717, 1.165) is 11.3 Å². The van der Waals surface area contributed by atoms with E-state index in [1.807, 2.05) is 18.2 Å². The standard InChI is InChI=1S/C12H10ClNO2/c1-8(14-15)11-6-7-12(16-11)9-2-4-10(13)5-3-9/h2-7,15H,1H3/b14-8+. The van der Waals surface area contributed by atoms with Gasteiger partial charge in [-0.25, -0.2) is 0 Å². The highest BCUT2D eigenvalue weighted by Crippen LogP contribution is 2.23. The summed E-state index contributed by atoms with van der Waals surface area (Å²) in [6.07, 6.45) is 0.